The Balaban J connectivity index is 2.37. The summed E-state index contributed by atoms with van der Waals surface area (Å²) in [4.78, 5) is 22.0. The number of carbonyl (C=O) groups excluding carboxylic acids is 2. The fourth-order valence-corrected chi connectivity index (χ4v) is 4.00. The molecule has 5 heteroatoms. The van der Waals surface area contributed by atoms with E-state index in [4.69, 9.17) is 0 Å². The Kier molecular flexibility index (Phi) is 2.53. The van der Waals surface area contributed by atoms with E-state index < -0.39 is 28.1 Å². The molecular formula is C10H11BrO4-2. The van der Waals surface area contributed by atoms with Gasteiger partial charge in [-0.2, -0.15) is 0 Å². The van der Waals surface area contributed by atoms with Crippen molar-refractivity contribution in [3.05, 3.63) is 0 Å². The number of rotatable bonds is 2. The lowest BCUT2D eigenvalue weighted by atomic mass is 9.58. The van der Waals surface area contributed by atoms with Crippen molar-refractivity contribution in [1.82, 2.24) is 0 Å². The summed E-state index contributed by atoms with van der Waals surface area (Å²) in [5.41, 5.74) is 0. The number of hydrogen-bond donors (Lipinski definition) is 0. The first-order valence-electron chi connectivity index (χ1n) is 5.06. The van der Waals surface area contributed by atoms with Crippen molar-refractivity contribution in [2.45, 2.75) is 30.0 Å². The summed E-state index contributed by atoms with van der Waals surface area (Å²) in [7, 11) is 0. The molecule has 0 N–H and O–H groups in total. The van der Waals surface area contributed by atoms with E-state index in [-0.39, 0.29) is 5.92 Å². The number of alkyl halides is 1. The first-order valence-corrected chi connectivity index (χ1v) is 5.85. The zero-order valence-electron chi connectivity index (χ0n) is 8.07. The standard InChI is InChI=1S/C10H13BrO4/c11-10-3-1-5(2-4-10)6(8(12)13)7(10)9(14)15/h5-7H,1-4H2,(H,12,13)(H,14,15)/p-2/t5?,6-,7+,10?/m0/s1. The van der Waals surface area contributed by atoms with Gasteiger partial charge in [-0.05, 0) is 31.6 Å². The van der Waals surface area contributed by atoms with Gasteiger partial charge in [-0.3, -0.25) is 0 Å². The Labute approximate surface area is 95.8 Å². The highest BCUT2D eigenvalue weighted by molar-refractivity contribution is 9.10. The van der Waals surface area contributed by atoms with Crippen molar-refractivity contribution in [1.29, 1.82) is 0 Å². The molecule has 0 spiro atoms. The molecule has 0 amide bonds. The molecule has 3 saturated carbocycles. The lowest BCUT2D eigenvalue weighted by Crippen LogP contribution is -2.60. The topological polar surface area (TPSA) is 80.3 Å². The number of aliphatic carboxylic acids is 2. The summed E-state index contributed by atoms with van der Waals surface area (Å²) in [5.74, 6) is -4.42. The van der Waals surface area contributed by atoms with Gasteiger partial charge >= 0.3 is 0 Å². The fourth-order valence-electron chi connectivity index (χ4n) is 3.07. The zero-order chi connectivity index (χ0) is 11.2. The molecule has 0 saturated heterocycles. The quantitative estimate of drug-likeness (QED) is 0.609. The molecule has 0 aromatic carbocycles. The van der Waals surface area contributed by atoms with Gasteiger partial charge in [-0.1, -0.05) is 15.9 Å². The third-order valence-corrected chi connectivity index (χ3v) is 5.10. The van der Waals surface area contributed by atoms with Crippen LogP contribution in [0.2, 0.25) is 0 Å². The molecule has 0 heterocycles. The largest absolute Gasteiger partial charge is 0.550 e. The molecule has 3 fully saturated rings. The number of carbonyl (C=O) groups is 2. The van der Waals surface area contributed by atoms with Crippen LogP contribution < -0.4 is 10.2 Å². The number of hydrogen-bond acceptors (Lipinski definition) is 4. The SMILES string of the molecule is O=C([O-])[C@H]1C2CCC(Br)(CC2)[C@H]1C(=O)[O-]. The Morgan fingerprint density at radius 3 is 2.00 bits per heavy atom. The molecule has 0 aliphatic heterocycles. The molecule has 0 radical (unpaired) electrons. The number of halogens is 1. The second-order valence-electron chi connectivity index (χ2n) is 4.51. The second-order valence-corrected chi connectivity index (χ2v) is 6.09. The van der Waals surface area contributed by atoms with Gasteiger partial charge in [0.05, 0.1) is 0 Å². The normalized spacial score (nSPS) is 43.9. The molecule has 2 atom stereocenters. The van der Waals surface area contributed by atoms with Gasteiger partial charge in [0.2, 0.25) is 0 Å². The lowest BCUT2D eigenvalue weighted by molar-refractivity contribution is -0.333. The van der Waals surface area contributed by atoms with Crippen LogP contribution in [-0.2, 0) is 9.59 Å². The van der Waals surface area contributed by atoms with Crippen molar-refractivity contribution < 1.29 is 19.8 Å². The van der Waals surface area contributed by atoms with E-state index in [1.54, 1.807) is 0 Å². The molecular weight excluding hydrogens is 264 g/mol. The average molecular weight is 275 g/mol. The van der Waals surface area contributed by atoms with Crippen LogP contribution in [-0.4, -0.2) is 16.3 Å². The van der Waals surface area contributed by atoms with Gasteiger partial charge in [0.1, 0.15) is 0 Å². The van der Waals surface area contributed by atoms with Gasteiger partial charge < -0.3 is 19.8 Å². The minimum absolute atomic E-state index is 0.0580. The Hall–Kier alpha value is -0.580. The van der Waals surface area contributed by atoms with Crippen molar-refractivity contribution >= 4 is 27.9 Å². The monoisotopic (exact) mass is 274 g/mol. The Morgan fingerprint density at radius 1 is 1.13 bits per heavy atom. The average Bonchev–Trinajstić information content (AvgIpc) is 2.16. The highest BCUT2D eigenvalue weighted by atomic mass is 79.9. The molecule has 84 valence electrons. The number of fused-ring (bicyclic) bond motifs is 3. The lowest BCUT2D eigenvalue weighted by Gasteiger charge is -2.54. The molecule has 3 aliphatic carbocycles. The van der Waals surface area contributed by atoms with E-state index in [1.807, 2.05) is 0 Å². The van der Waals surface area contributed by atoms with Crippen LogP contribution in [0.3, 0.4) is 0 Å². The van der Waals surface area contributed by atoms with Crippen molar-refractivity contribution in [3.8, 4) is 0 Å². The molecule has 0 aromatic rings. The predicted molar refractivity (Wildman–Crippen MR) is 50.6 cm³/mol. The minimum atomic E-state index is -1.27. The summed E-state index contributed by atoms with van der Waals surface area (Å²) in [5, 5.41) is 22.0. The summed E-state index contributed by atoms with van der Waals surface area (Å²) < 4.78 is -0.592. The van der Waals surface area contributed by atoms with Gasteiger partial charge in [-0.25, -0.2) is 0 Å². The van der Waals surface area contributed by atoms with E-state index in [9.17, 15) is 19.8 Å². The Bertz CT molecular complexity index is 307. The molecule has 4 nitrogen and oxygen atoms in total. The maximum Gasteiger partial charge on any atom is 0.0465 e. The third kappa shape index (κ3) is 1.57. The zero-order valence-corrected chi connectivity index (χ0v) is 9.66. The van der Waals surface area contributed by atoms with Crippen LogP contribution in [0, 0.1) is 17.8 Å². The fraction of sp³-hybridized carbons (Fsp3) is 0.800. The molecule has 0 unspecified atom stereocenters. The molecule has 3 rings (SSSR count). The Morgan fingerprint density at radius 2 is 1.67 bits per heavy atom. The van der Waals surface area contributed by atoms with Crippen LogP contribution >= 0.6 is 15.9 Å². The third-order valence-electron chi connectivity index (χ3n) is 3.81. The molecule has 0 aromatic heterocycles. The van der Waals surface area contributed by atoms with Gasteiger partial charge in [0.25, 0.3) is 0 Å². The van der Waals surface area contributed by atoms with E-state index >= 15 is 0 Å². The maximum absolute atomic E-state index is 11.0. The summed E-state index contributed by atoms with van der Waals surface area (Å²) in [6, 6.07) is 0. The summed E-state index contributed by atoms with van der Waals surface area (Å²) in [6.45, 7) is 0. The first kappa shape index (κ1) is 10.9. The van der Waals surface area contributed by atoms with Crippen LogP contribution in [0.15, 0.2) is 0 Å². The number of carboxylic acids is 2. The number of carboxylic acid groups (broad SMARTS) is 2. The van der Waals surface area contributed by atoms with Crippen molar-refractivity contribution in [2.24, 2.45) is 17.8 Å². The smallest absolute Gasteiger partial charge is 0.0465 e. The van der Waals surface area contributed by atoms with Crippen LogP contribution in [0.25, 0.3) is 0 Å². The minimum Gasteiger partial charge on any atom is -0.550 e. The van der Waals surface area contributed by atoms with E-state index in [2.05, 4.69) is 15.9 Å². The van der Waals surface area contributed by atoms with Gasteiger partial charge in [0.15, 0.2) is 0 Å². The second kappa shape index (κ2) is 3.47. The first-order chi connectivity index (χ1) is 6.96. The molecule has 3 aliphatic rings. The predicted octanol–water partition coefficient (Wildman–Crippen LogP) is -0.944. The van der Waals surface area contributed by atoms with Crippen molar-refractivity contribution in [2.75, 3.05) is 0 Å². The van der Waals surface area contributed by atoms with E-state index in [0.717, 1.165) is 12.8 Å². The van der Waals surface area contributed by atoms with Crippen LogP contribution in [0.4, 0.5) is 0 Å². The highest BCUT2D eigenvalue weighted by Gasteiger charge is 2.52. The van der Waals surface area contributed by atoms with Gasteiger partial charge in [0, 0.05) is 28.1 Å². The summed E-state index contributed by atoms with van der Waals surface area (Å²) in [6.07, 6.45) is 2.93. The van der Waals surface area contributed by atoms with Crippen molar-refractivity contribution in [3.63, 3.8) is 0 Å². The van der Waals surface area contributed by atoms with E-state index in [0.29, 0.717) is 12.8 Å². The van der Waals surface area contributed by atoms with Crippen LogP contribution in [0.5, 0.6) is 0 Å². The highest BCUT2D eigenvalue weighted by Crippen LogP contribution is 2.55. The maximum atomic E-state index is 11.0. The van der Waals surface area contributed by atoms with Gasteiger partial charge in [-0.15, -0.1) is 0 Å². The molecule has 15 heavy (non-hydrogen) atoms. The van der Waals surface area contributed by atoms with Crippen LogP contribution in [0.1, 0.15) is 25.7 Å². The summed E-state index contributed by atoms with van der Waals surface area (Å²) >= 11 is 3.40. The van der Waals surface area contributed by atoms with E-state index in [1.165, 1.54) is 0 Å². The molecule has 2 bridgehead atoms.